The maximum absolute atomic E-state index is 11.8. The number of nitrogens with one attached hydrogen (secondary N) is 2. The number of furan rings is 1. The van der Waals surface area contributed by atoms with Crippen molar-refractivity contribution in [3.05, 3.63) is 17.9 Å². The van der Waals surface area contributed by atoms with Gasteiger partial charge in [0.05, 0.1) is 13.1 Å². The molecule has 0 saturated heterocycles. The van der Waals surface area contributed by atoms with Gasteiger partial charge in [-0.25, -0.2) is 13.1 Å². The van der Waals surface area contributed by atoms with Crippen molar-refractivity contribution < 1.29 is 26.0 Å². The zero-order chi connectivity index (χ0) is 13.1. The van der Waals surface area contributed by atoms with Crippen molar-refractivity contribution in [1.29, 1.82) is 0 Å². The molecule has 1 heterocycles. The summed E-state index contributed by atoms with van der Waals surface area (Å²) in [6.45, 7) is -1.36. The van der Waals surface area contributed by atoms with Gasteiger partial charge in [-0.15, -0.1) is 0 Å². The standard InChI is InChI=1S/C8H11F3N2O3S/c1-12-17(14,15)7-3-2-6(16-7)4-13-5-8(9,10)11/h2-3,12-13H,4-5H2,1H3. The predicted molar refractivity (Wildman–Crippen MR) is 52.7 cm³/mol. The molecule has 1 aromatic heterocycles. The van der Waals surface area contributed by atoms with Crippen LogP contribution in [0.4, 0.5) is 13.2 Å². The van der Waals surface area contributed by atoms with Crippen LogP contribution in [0, 0.1) is 0 Å². The molecule has 0 unspecified atom stereocenters. The van der Waals surface area contributed by atoms with E-state index in [1.54, 1.807) is 0 Å². The Morgan fingerprint density at radius 2 is 2.00 bits per heavy atom. The molecule has 0 bridgehead atoms. The van der Waals surface area contributed by atoms with Crippen molar-refractivity contribution in [2.75, 3.05) is 13.6 Å². The van der Waals surface area contributed by atoms with Crippen LogP contribution in [0.25, 0.3) is 0 Å². The van der Waals surface area contributed by atoms with Gasteiger partial charge in [0.15, 0.2) is 0 Å². The Balaban J connectivity index is 2.58. The Hall–Kier alpha value is -1.06. The number of hydrogen-bond donors (Lipinski definition) is 2. The lowest BCUT2D eigenvalue weighted by atomic mass is 10.4. The second-order valence-corrected chi connectivity index (χ2v) is 4.96. The van der Waals surface area contributed by atoms with E-state index in [-0.39, 0.29) is 17.4 Å². The number of alkyl halides is 3. The van der Waals surface area contributed by atoms with E-state index in [0.29, 0.717) is 0 Å². The number of halogens is 3. The molecule has 5 nitrogen and oxygen atoms in total. The van der Waals surface area contributed by atoms with Crippen molar-refractivity contribution in [1.82, 2.24) is 10.0 Å². The van der Waals surface area contributed by atoms with E-state index >= 15 is 0 Å². The number of rotatable bonds is 5. The molecule has 98 valence electrons. The zero-order valence-electron chi connectivity index (χ0n) is 8.84. The van der Waals surface area contributed by atoms with Gasteiger partial charge in [-0.2, -0.15) is 13.2 Å². The van der Waals surface area contributed by atoms with Crippen LogP contribution in [-0.4, -0.2) is 28.2 Å². The lowest BCUT2D eigenvalue weighted by Gasteiger charge is -2.06. The third kappa shape index (κ3) is 4.36. The summed E-state index contributed by atoms with van der Waals surface area (Å²) < 4.78 is 64.8. The van der Waals surface area contributed by atoms with Crippen LogP contribution < -0.4 is 10.0 Å². The molecule has 0 fully saturated rings. The van der Waals surface area contributed by atoms with Gasteiger partial charge >= 0.3 is 6.18 Å². The van der Waals surface area contributed by atoms with Gasteiger partial charge in [0.1, 0.15) is 5.76 Å². The molecular weight excluding hydrogens is 261 g/mol. The summed E-state index contributed by atoms with van der Waals surface area (Å²) in [5.74, 6) is 0.114. The van der Waals surface area contributed by atoms with E-state index in [2.05, 4.69) is 5.32 Å². The molecule has 0 amide bonds. The van der Waals surface area contributed by atoms with Crippen LogP contribution in [0.1, 0.15) is 5.76 Å². The van der Waals surface area contributed by atoms with Gasteiger partial charge in [0.2, 0.25) is 5.09 Å². The summed E-state index contributed by atoms with van der Waals surface area (Å²) in [7, 11) is -2.49. The minimum atomic E-state index is -4.31. The fourth-order valence-corrected chi connectivity index (χ4v) is 1.69. The highest BCUT2D eigenvalue weighted by molar-refractivity contribution is 7.89. The fourth-order valence-electron chi connectivity index (χ4n) is 1.03. The molecule has 0 aromatic carbocycles. The van der Waals surface area contributed by atoms with Gasteiger partial charge in [-0.05, 0) is 19.2 Å². The fraction of sp³-hybridized carbons (Fsp3) is 0.500. The molecule has 0 saturated carbocycles. The average Bonchev–Trinajstić information content (AvgIpc) is 2.65. The average molecular weight is 272 g/mol. The smallest absolute Gasteiger partial charge is 0.401 e. The van der Waals surface area contributed by atoms with Crippen molar-refractivity contribution >= 4 is 10.0 Å². The van der Waals surface area contributed by atoms with Crippen LogP contribution in [0.5, 0.6) is 0 Å². The molecule has 0 aliphatic rings. The van der Waals surface area contributed by atoms with Gasteiger partial charge in [0, 0.05) is 0 Å². The van der Waals surface area contributed by atoms with Crippen molar-refractivity contribution in [2.45, 2.75) is 17.8 Å². The van der Waals surface area contributed by atoms with E-state index in [1.165, 1.54) is 19.2 Å². The lowest BCUT2D eigenvalue weighted by molar-refractivity contribution is -0.125. The van der Waals surface area contributed by atoms with E-state index in [4.69, 9.17) is 4.42 Å². The molecule has 2 N–H and O–H groups in total. The summed E-state index contributed by atoms with van der Waals surface area (Å²) >= 11 is 0. The molecule has 0 atom stereocenters. The SMILES string of the molecule is CNS(=O)(=O)c1ccc(CNCC(F)(F)F)o1. The maximum atomic E-state index is 11.8. The Morgan fingerprint density at radius 3 is 2.53 bits per heavy atom. The molecule has 9 heteroatoms. The quantitative estimate of drug-likeness (QED) is 0.833. The second-order valence-electron chi connectivity index (χ2n) is 3.15. The third-order valence-electron chi connectivity index (χ3n) is 1.80. The summed E-state index contributed by atoms with van der Waals surface area (Å²) in [4.78, 5) is 0. The van der Waals surface area contributed by atoms with Crippen molar-refractivity contribution in [3.8, 4) is 0 Å². The Kier molecular flexibility index (Phi) is 4.17. The Morgan fingerprint density at radius 1 is 1.35 bits per heavy atom. The third-order valence-corrected chi connectivity index (χ3v) is 3.08. The van der Waals surface area contributed by atoms with Crippen LogP contribution >= 0.6 is 0 Å². The summed E-state index contributed by atoms with van der Waals surface area (Å²) in [5, 5.41) is 1.76. The van der Waals surface area contributed by atoms with Gasteiger partial charge in [-0.1, -0.05) is 0 Å². The van der Waals surface area contributed by atoms with Crippen LogP contribution in [0.2, 0.25) is 0 Å². The van der Waals surface area contributed by atoms with Gasteiger partial charge in [0.25, 0.3) is 10.0 Å². The highest BCUT2D eigenvalue weighted by Crippen LogP contribution is 2.15. The first-order chi connectivity index (χ1) is 7.74. The van der Waals surface area contributed by atoms with E-state index in [0.717, 1.165) is 0 Å². The Bertz CT molecular complexity index is 467. The highest BCUT2D eigenvalue weighted by Gasteiger charge is 2.26. The highest BCUT2D eigenvalue weighted by atomic mass is 32.2. The summed E-state index contributed by atoms with van der Waals surface area (Å²) in [6, 6.07) is 2.48. The first kappa shape index (κ1) is 14.0. The molecule has 1 aromatic rings. The second kappa shape index (κ2) is 5.07. The minimum absolute atomic E-state index is 0.114. The monoisotopic (exact) mass is 272 g/mol. The molecule has 0 spiro atoms. The van der Waals surface area contributed by atoms with E-state index in [1.807, 2.05) is 4.72 Å². The summed E-state index contributed by atoms with van der Waals surface area (Å²) in [5.41, 5.74) is 0. The molecular formula is C8H11F3N2O3S. The van der Waals surface area contributed by atoms with E-state index < -0.39 is 22.7 Å². The predicted octanol–water partition coefficient (Wildman–Crippen LogP) is 0.840. The molecule has 0 aliphatic heterocycles. The van der Waals surface area contributed by atoms with Gasteiger partial charge in [-0.3, -0.25) is 0 Å². The van der Waals surface area contributed by atoms with Crippen LogP contribution in [-0.2, 0) is 16.6 Å². The topological polar surface area (TPSA) is 71.3 Å². The minimum Gasteiger partial charge on any atom is -0.447 e. The molecule has 17 heavy (non-hydrogen) atoms. The van der Waals surface area contributed by atoms with Crippen molar-refractivity contribution in [2.24, 2.45) is 0 Å². The Labute approximate surface area is 96.0 Å². The molecule has 0 aliphatic carbocycles. The molecule has 0 radical (unpaired) electrons. The molecule has 1 rings (SSSR count). The lowest BCUT2D eigenvalue weighted by Crippen LogP contribution is -2.28. The largest absolute Gasteiger partial charge is 0.447 e. The maximum Gasteiger partial charge on any atom is 0.401 e. The first-order valence-electron chi connectivity index (χ1n) is 4.54. The van der Waals surface area contributed by atoms with Gasteiger partial charge < -0.3 is 9.73 Å². The number of hydrogen-bond acceptors (Lipinski definition) is 4. The van der Waals surface area contributed by atoms with Crippen LogP contribution in [0.3, 0.4) is 0 Å². The summed E-state index contributed by atoms with van der Waals surface area (Å²) in [6.07, 6.45) is -4.31. The normalized spacial score (nSPS) is 12.9. The van der Waals surface area contributed by atoms with Crippen LogP contribution in [0.15, 0.2) is 21.6 Å². The zero-order valence-corrected chi connectivity index (χ0v) is 9.65. The first-order valence-corrected chi connectivity index (χ1v) is 6.02. The van der Waals surface area contributed by atoms with Crippen molar-refractivity contribution in [3.63, 3.8) is 0 Å². The number of sulfonamides is 1. The van der Waals surface area contributed by atoms with E-state index in [9.17, 15) is 21.6 Å².